The number of aryl methyl sites for hydroxylation is 1. The molecule has 3 heterocycles. The van der Waals surface area contributed by atoms with Gasteiger partial charge in [0.2, 0.25) is 5.91 Å². The first-order valence-corrected chi connectivity index (χ1v) is 15.9. The SMILES string of the molecule is CCn1nc2c(=O)n(CC3(O)CCN(C(=O)CC(C)c4ccccc4)CC3)cnc2c1-c1ccc(CNC(=O)OC(C)(C)C)cc1. The van der Waals surface area contributed by atoms with Gasteiger partial charge >= 0.3 is 6.09 Å². The summed E-state index contributed by atoms with van der Waals surface area (Å²) in [5.74, 6) is 0.182. The van der Waals surface area contributed by atoms with Crippen LogP contribution in [-0.2, 0) is 29.2 Å². The van der Waals surface area contributed by atoms with Crippen LogP contribution in [0.4, 0.5) is 4.79 Å². The lowest BCUT2D eigenvalue weighted by Crippen LogP contribution is -2.49. The fourth-order valence-electron chi connectivity index (χ4n) is 5.87. The average Bonchev–Trinajstić information content (AvgIpc) is 3.41. The second kappa shape index (κ2) is 13.5. The molecule has 0 spiro atoms. The van der Waals surface area contributed by atoms with Crippen molar-refractivity contribution in [3.05, 3.63) is 82.4 Å². The van der Waals surface area contributed by atoms with E-state index in [0.717, 1.165) is 22.4 Å². The molecule has 11 heteroatoms. The number of piperidine rings is 1. The highest BCUT2D eigenvalue weighted by Crippen LogP contribution is 2.29. The van der Waals surface area contributed by atoms with Crippen LogP contribution in [0.3, 0.4) is 0 Å². The normalized spacial score (nSPS) is 15.5. The van der Waals surface area contributed by atoms with Gasteiger partial charge in [-0.25, -0.2) is 9.78 Å². The zero-order valence-corrected chi connectivity index (χ0v) is 27.3. The summed E-state index contributed by atoms with van der Waals surface area (Å²) in [7, 11) is 0. The number of aromatic nitrogens is 4. The van der Waals surface area contributed by atoms with Gasteiger partial charge in [0.1, 0.15) is 11.1 Å². The fraction of sp³-hybridized carbons (Fsp3) is 0.457. The number of amides is 2. The number of carbonyl (C=O) groups is 2. The summed E-state index contributed by atoms with van der Waals surface area (Å²) >= 11 is 0. The first-order chi connectivity index (χ1) is 21.9. The van der Waals surface area contributed by atoms with Crippen molar-refractivity contribution < 1.29 is 19.4 Å². The predicted molar refractivity (Wildman–Crippen MR) is 176 cm³/mol. The minimum atomic E-state index is -1.14. The van der Waals surface area contributed by atoms with Crippen molar-refractivity contribution >= 4 is 23.0 Å². The van der Waals surface area contributed by atoms with Crippen molar-refractivity contribution in [3.8, 4) is 11.3 Å². The molecule has 1 atom stereocenters. The number of hydrogen-bond donors (Lipinski definition) is 2. The van der Waals surface area contributed by atoms with Gasteiger partial charge in [0.25, 0.3) is 5.56 Å². The number of fused-ring (bicyclic) bond motifs is 1. The van der Waals surface area contributed by atoms with E-state index >= 15 is 0 Å². The second-order valence-corrected chi connectivity index (χ2v) is 13.2. The third kappa shape index (κ3) is 7.64. The zero-order valence-electron chi connectivity index (χ0n) is 27.3. The fourth-order valence-corrected chi connectivity index (χ4v) is 5.87. The molecule has 0 radical (unpaired) electrons. The Bertz CT molecular complexity index is 1730. The minimum Gasteiger partial charge on any atom is -0.444 e. The van der Waals surface area contributed by atoms with E-state index in [1.54, 1.807) is 4.68 Å². The van der Waals surface area contributed by atoms with E-state index in [-0.39, 0.29) is 29.4 Å². The Morgan fingerprint density at radius 1 is 1.04 bits per heavy atom. The largest absolute Gasteiger partial charge is 0.444 e. The molecule has 11 nitrogen and oxygen atoms in total. The van der Waals surface area contributed by atoms with Crippen molar-refractivity contribution in [2.24, 2.45) is 0 Å². The summed E-state index contributed by atoms with van der Waals surface area (Å²) in [5.41, 5.74) is 2.28. The van der Waals surface area contributed by atoms with Crippen LogP contribution in [0.5, 0.6) is 0 Å². The van der Waals surface area contributed by atoms with E-state index in [1.165, 1.54) is 10.9 Å². The molecular formula is C35H44N6O5. The van der Waals surface area contributed by atoms with Crippen LogP contribution in [0.1, 0.15) is 70.9 Å². The van der Waals surface area contributed by atoms with Crippen molar-refractivity contribution in [1.82, 2.24) is 29.5 Å². The number of rotatable bonds is 9. The van der Waals surface area contributed by atoms with Crippen LogP contribution in [0.25, 0.3) is 22.3 Å². The maximum absolute atomic E-state index is 13.6. The number of likely N-dealkylation sites (tertiary alicyclic amines) is 1. The molecule has 2 aromatic heterocycles. The summed E-state index contributed by atoms with van der Waals surface area (Å²) in [6, 6.07) is 17.6. The Labute approximate surface area is 269 Å². The first-order valence-electron chi connectivity index (χ1n) is 15.9. The first kappa shape index (κ1) is 32.9. The van der Waals surface area contributed by atoms with E-state index in [1.807, 2.05) is 87.2 Å². The van der Waals surface area contributed by atoms with E-state index in [9.17, 15) is 19.5 Å². The molecular weight excluding hydrogens is 584 g/mol. The van der Waals surface area contributed by atoms with Gasteiger partial charge in [0, 0.05) is 38.2 Å². The highest BCUT2D eigenvalue weighted by molar-refractivity contribution is 5.89. The Morgan fingerprint density at radius 3 is 2.35 bits per heavy atom. The van der Waals surface area contributed by atoms with Crippen LogP contribution in [0, 0.1) is 0 Å². The molecule has 1 aliphatic rings. The van der Waals surface area contributed by atoms with E-state index in [4.69, 9.17) is 4.74 Å². The standard InChI is InChI=1S/C35H44N6O5/c1-6-41-31(27-14-12-25(13-15-27)21-36-33(44)46-34(3,4)5)29-30(38-41)32(43)40(23-37-29)22-35(45)16-18-39(19-17-35)28(42)20-24(2)26-10-8-7-9-11-26/h7-15,23-24,45H,6,16-22H2,1-5H3,(H,36,44). The van der Waals surface area contributed by atoms with Crippen LogP contribution in [-0.4, -0.2) is 65.6 Å². The molecule has 1 unspecified atom stereocenters. The molecule has 0 saturated carbocycles. The average molecular weight is 629 g/mol. The quantitative estimate of drug-likeness (QED) is 0.271. The van der Waals surface area contributed by atoms with Crippen LogP contribution >= 0.6 is 0 Å². The Kier molecular flexibility index (Phi) is 9.62. The van der Waals surface area contributed by atoms with E-state index in [0.29, 0.717) is 51.0 Å². The molecule has 0 aliphatic carbocycles. The van der Waals surface area contributed by atoms with Gasteiger partial charge in [-0.2, -0.15) is 5.10 Å². The summed E-state index contributed by atoms with van der Waals surface area (Å²) in [4.78, 5) is 45.1. The second-order valence-electron chi connectivity index (χ2n) is 13.2. The molecule has 4 aromatic rings. The van der Waals surface area contributed by atoms with Crippen molar-refractivity contribution in [1.29, 1.82) is 0 Å². The number of hydrogen-bond acceptors (Lipinski definition) is 7. The zero-order chi connectivity index (χ0) is 33.1. The predicted octanol–water partition coefficient (Wildman–Crippen LogP) is 4.85. The monoisotopic (exact) mass is 628 g/mol. The molecule has 1 aliphatic heterocycles. The Hall–Kier alpha value is -4.51. The molecule has 2 N–H and O–H groups in total. The highest BCUT2D eigenvalue weighted by Gasteiger charge is 2.35. The number of nitrogens with zero attached hydrogens (tertiary/aromatic N) is 5. The third-order valence-electron chi connectivity index (χ3n) is 8.44. The Balaban J connectivity index is 1.25. The van der Waals surface area contributed by atoms with Crippen LogP contribution in [0.2, 0.25) is 0 Å². The molecule has 0 bridgehead atoms. The molecule has 2 aromatic carbocycles. The van der Waals surface area contributed by atoms with Gasteiger partial charge in [-0.1, -0.05) is 61.5 Å². The maximum atomic E-state index is 13.6. The van der Waals surface area contributed by atoms with Crippen molar-refractivity contribution in [3.63, 3.8) is 0 Å². The summed E-state index contributed by atoms with van der Waals surface area (Å²) in [6.07, 6.45) is 2.14. The topological polar surface area (TPSA) is 132 Å². The molecule has 244 valence electrons. The van der Waals surface area contributed by atoms with Gasteiger partial charge < -0.3 is 20.1 Å². The lowest BCUT2D eigenvalue weighted by molar-refractivity contribution is -0.136. The maximum Gasteiger partial charge on any atom is 0.407 e. The number of aliphatic hydroxyl groups is 1. The Morgan fingerprint density at radius 2 is 1.72 bits per heavy atom. The summed E-state index contributed by atoms with van der Waals surface area (Å²) in [5, 5.41) is 18.8. The number of carbonyl (C=O) groups excluding carboxylic acids is 2. The number of alkyl carbamates (subject to hydrolysis) is 1. The lowest BCUT2D eigenvalue weighted by Gasteiger charge is -2.38. The third-order valence-corrected chi connectivity index (χ3v) is 8.44. The van der Waals surface area contributed by atoms with Crippen molar-refractivity contribution in [2.45, 2.75) is 90.6 Å². The van der Waals surface area contributed by atoms with Gasteiger partial charge in [-0.05, 0) is 57.6 Å². The highest BCUT2D eigenvalue weighted by atomic mass is 16.6. The smallest absolute Gasteiger partial charge is 0.407 e. The van der Waals surface area contributed by atoms with Gasteiger partial charge in [0.05, 0.1) is 24.2 Å². The molecule has 5 rings (SSSR count). The van der Waals surface area contributed by atoms with Gasteiger partial charge in [-0.15, -0.1) is 0 Å². The lowest BCUT2D eigenvalue weighted by atomic mass is 9.90. The number of nitrogens with one attached hydrogen (secondary N) is 1. The summed E-state index contributed by atoms with van der Waals surface area (Å²) in [6.45, 7) is 11.2. The summed E-state index contributed by atoms with van der Waals surface area (Å²) < 4.78 is 8.49. The molecule has 46 heavy (non-hydrogen) atoms. The van der Waals surface area contributed by atoms with E-state index < -0.39 is 17.3 Å². The molecule has 2 amide bonds. The van der Waals surface area contributed by atoms with E-state index in [2.05, 4.69) is 22.3 Å². The van der Waals surface area contributed by atoms with Crippen LogP contribution in [0.15, 0.2) is 65.7 Å². The number of benzene rings is 2. The van der Waals surface area contributed by atoms with Crippen molar-refractivity contribution in [2.75, 3.05) is 13.1 Å². The minimum absolute atomic E-state index is 0.0728. The number of ether oxygens (including phenoxy) is 1. The molecule has 1 fully saturated rings. The van der Waals surface area contributed by atoms with Gasteiger partial charge in [0.15, 0.2) is 5.52 Å². The van der Waals surface area contributed by atoms with Crippen LogP contribution < -0.4 is 10.9 Å². The molecule has 1 saturated heterocycles. The van der Waals surface area contributed by atoms with Gasteiger partial charge in [-0.3, -0.25) is 18.8 Å².